The van der Waals surface area contributed by atoms with Crippen molar-refractivity contribution in [1.29, 1.82) is 0 Å². The van der Waals surface area contributed by atoms with E-state index in [1.165, 1.54) is 0 Å². The Hall–Kier alpha value is -1.06. The van der Waals surface area contributed by atoms with Gasteiger partial charge in [0, 0.05) is 25.7 Å². The predicted molar refractivity (Wildman–Crippen MR) is 59.8 cm³/mol. The van der Waals surface area contributed by atoms with Crippen molar-refractivity contribution >= 4 is 17.7 Å². The van der Waals surface area contributed by atoms with Gasteiger partial charge in [0.2, 0.25) is 0 Å². The molecule has 0 unspecified atom stereocenters. The maximum atomic E-state index is 11.8. The Kier molecular flexibility index (Phi) is 2.93. The summed E-state index contributed by atoms with van der Waals surface area (Å²) >= 11 is 5.44. The molecule has 0 aromatic heterocycles. The van der Waals surface area contributed by atoms with Gasteiger partial charge in [0.05, 0.1) is 0 Å². The summed E-state index contributed by atoms with van der Waals surface area (Å²) in [6, 6.07) is 5.94. The summed E-state index contributed by atoms with van der Waals surface area (Å²) in [7, 11) is 1.83. The summed E-state index contributed by atoms with van der Waals surface area (Å²) in [5.41, 5.74) is 2.98. The number of hydrogen-bond acceptors (Lipinski definition) is 2. The minimum Gasteiger partial charge on any atom is -0.341 e. The number of hydrogen-bond donors (Lipinski definition) is 1. The van der Waals surface area contributed by atoms with E-state index in [0.29, 0.717) is 6.54 Å². The highest BCUT2D eigenvalue weighted by molar-refractivity contribution is 6.13. The normalized spacial score (nSPS) is 15.3. The number of carbonyl (C=O) groups is 1. The zero-order chi connectivity index (χ0) is 10.8. The first-order chi connectivity index (χ1) is 7.22. The average molecular weight is 225 g/mol. The molecule has 1 aliphatic heterocycles. The zero-order valence-electron chi connectivity index (χ0n) is 8.59. The SMILES string of the molecule is CN1CCc2ccc(CNCl)cc2C1=O. The molecule has 1 heterocycles. The molecule has 1 aliphatic rings. The lowest BCUT2D eigenvalue weighted by Crippen LogP contribution is -2.34. The molecule has 0 atom stereocenters. The van der Waals surface area contributed by atoms with Crippen LogP contribution in [-0.4, -0.2) is 24.4 Å². The summed E-state index contributed by atoms with van der Waals surface area (Å²) in [6.45, 7) is 1.38. The fraction of sp³-hybridized carbons (Fsp3) is 0.364. The number of fused-ring (bicyclic) bond motifs is 1. The van der Waals surface area contributed by atoms with E-state index in [4.69, 9.17) is 11.8 Å². The average Bonchev–Trinajstić information content (AvgIpc) is 2.25. The molecule has 80 valence electrons. The van der Waals surface area contributed by atoms with Gasteiger partial charge < -0.3 is 4.90 Å². The number of likely N-dealkylation sites (N-methyl/N-ethyl adjacent to an activating group) is 1. The van der Waals surface area contributed by atoms with Gasteiger partial charge in [0.1, 0.15) is 0 Å². The van der Waals surface area contributed by atoms with E-state index in [1.807, 2.05) is 25.2 Å². The molecule has 0 bridgehead atoms. The molecule has 1 aromatic rings. The quantitative estimate of drug-likeness (QED) is 0.774. The Balaban J connectivity index is 2.37. The molecule has 1 amide bonds. The molecular formula is C11H13ClN2O. The Bertz CT molecular complexity index is 392. The molecular weight excluding hydrogens is 212 g/mol. The van der Waals surface area contributed by atoms with Crippen LogP contribution < -0.4 is 4.84 Å². The van der Waals surface area contributed by atoms with Crippen molar-refractivity contribution in [3.05, 3.63) is 34.9 Å². The van der Waals surface area contributed by atoms with E-state index in [2.05, 4.69) is 4.84 Å². The minimum absolute atomic E-state index is 0.104. The van der Waals surface area contributed by atoms with Crippen LogP contribution in [0.25, 0.3) is 0 Å². The van der Waals surface area contributed by atoms with Gasteiger partial charge >= 0.3 is 0 Å². The summed E-state index contributed by atoms with van der Waals surface area (Å²) in [4.78, 5) is 16.2. The second-order valence-corrected chi connectivity index (χ2v) is 4.05. The Morgan fingerprint density at radius 1 is 1.53 bits per heavy atom. The van der Waals surface area contributed by atoms with E-state index >= 15 is 0 Å². The van der Waals surface area contributed by atoms with Gasteiger partial charge in [0.15, 0.2) is 0 Å². The molecule has 0 fully saturated rings. The maximum absolute atomic E-state index is 11.8. The first kappa shape index (κ1) is 10.5. The van der Waals surface area contributed by atoms with Gasteiger partial charge in [-0.05, 0) is 35.4 Å². The third-order valence-corrected chi connectivity index (χ3v) is 2.87. The van der Waals surface area contributed by atoms with Crippen LogP contribution in [0.15, 0.2) is 18.2 Å². The molecule has 0 saturated carbocycles. The van der Waals surface area contributed by atoms with Gasteiger partial charge in [-0.3, -0.25) is 4.79 Å². The number of nitrogens with zero attached hydrogens (tertiary/aromatic N) is 1. The lowest BCUT2D eigenvalue weighted by molar-refractivity contribution is 0.0781. The topological polar surface area (TPSA) is 32.3 Å². The molecule has 0 spiro atoms. The minimum atomic E-state index is 0.104. The van der Waals surface area contributed by atoms with Crippen molar-refractivity contribution in [2.24, 2.45) is 0 Å². The van der Waals surface area contributed by atoms with Crippen LogP contribution in [0.5, 0.6) is 0 Å². The zero-order valence-corrected chi connectivity index (χ0v) is 9.34. The largest absolute Gasteiger partial charge is 0.341 e. The number of benzene rings is 1. The monoisotopic (exact) mass is 224 g/mol. The van der Waals surface area contributed by atoms with Gasteiger partial charge in [-0.15, -0.1) is 0 Å². The van der Waals surface area contributed by atoms with E-state index in [-0.39, 0.29) is 5.91 Å². The fourth-order valence-corrected chi connectivity index (χ4v) is 1.98. The van der Waals surface area contributed by atoms with Crippen molar-refractivity contribution in [1.82, 2.24) is 9.74 Å². The summed E-state index contributed by atoms with van der Waals surface area (Å²) in [5, 5.41) is 0. The molecule has 1 N–H and O–H groups in total. The number of rotatable bonds is 2. The third kappa shape index (κ3) is 1.98. The van der Waals surface area contributed by atoms with E-state index in [0.717, 1.165) is 29.7 Å². The first-order valence-corrected chi connectivity index (χ1v) is 5.31. The summed E-state index contributed by atoms with van der Waals surface area (Å²) in [6.07, 6.45) is 0.937. The Labute approximate surface area is 94.1 Å². The smallest absolute Gasteiger partial charge is 0.253 e. The number of amides is 1. The fourth-order valence-electron chi connectivity index (χ4n) is 1.82. The standard InChI is InChI=1S/C11H13ClN2O/c1-14-5-4-9-3-2-8(7-13-12)6-10(9)11(14)15/h2-3,6,13H,4-5,7H2,1H3. The highest BCUT2D eigenvalue weighted by Gasteiger charge is 2.21. The molecule has 3 nitrogen and oxygen atoms in total. The van der Waals surface area contributed by atoms with Crippen LogP contribution in [0.1, 0.15) is 21.5 Å². The van der Waals surface area contributed by atoms with Crippen LogP contribution in [-0.2, 0) is 13.0 Å². The lowest BCUT2D eigenvalue weighted by Gasteiger charge is -2.25. The summed E-state index contributed by atoms with van der Waals surface area (Å²) < 4.78 is 0. The van der Waals surface area contributed by atoms with Gasteiger partial charge in [-0.1, -0.05) is 12.1 Å². The number of halogens is 1. The predicted octanol–water partition coefficient (Wildman–Crippen LogP) is 1.56. The first-order valence-electron chi connectivity index (χ1n) is 4.93. The highest BCUT2D eigenvalue weighted by Crippen LogP contribution is 2.19. The van der Waals surface area contributed by atoms with Gasteiger partial charge in [-0.25, -0.2) is 4.84 Å². The van der Waals surface area contributed by atoms with E-state index < -0.39 is 0 Å². The second kappa shape index (κ2) is 4.21. The summed E-state index contributed by atoms with van der Waals surface area (Å²) in [5.74, 6) is 0.104. The van der Waals surface area contributed by atoms with Crippen LogP contribution in [0.2, 0.25) is 0 Å². The maximum Gasteiger partial charge on any atom is 0.253 e. The van der Waals surface area contributed by atoms with E-state index in [9.17, 15) is 4.79 Å². The van der Waals surface area contributed by atoms with Crippen molar-refractivity contribution in [2.75, 3.05) is 13.6 Å². The Morgan fingerprint density at radius 2 is 2.33 bits per heavy atom. The van der Waals surface area contributed by atoms with Crippen LogP contribution >= 0.6 is 11.8 Å². The third-order valence-electron chi connectivity index (χ3n) is 2.74. The molecule has 2 rings (SSSR count). The molecule has 15 heavy (non-hydrogen) atoms. The van der Waals surface area contributed by atoms with Crippen molar-refractivity contribution in [3.63, 3.8) is 0 Å². The van der Waals surface area contributed by atoms with Crippen LogP contribution in [0.4, 0.5) is 0 Å². The second-order valence-electron chi connectivity index (χ2n) is 3.78. The van der Waals surface area contributed by atoms with Crippen molar-refractivity contribution in [2.45, 2.75) is 13.0 Å². The van der Waals surface area contributed by atoms with Gasteiger partial charge in [0.25, 0.3) is 5.91 Å². The highest BCUT2D eigenvalue weighted by atomic mass is 35.5. The Morgan fingerprint density at radius 3 is 3.07 bits per heavy atom. The van der Waals surface area contributed by atoms with Crippen molar-refractivity contribution in [3.8, 4) is 0 Å². The number of nitrogens with one attached hydrogen (secondary N) is 1. The molecule has 0 saturated heterocycles. The van der Waals surface area contributed by atoms with Crippen LogP contribution in [0.3, 0.4) is 0 Å². The molecule has 4 heteroatoms. The lowest BCUT2D eigenvalue weighted by atomic mass is 9.97. The van der Waals surface area contributed by atoms with Crippen molar-refractivity contribution < 1.29 is 4.79 Å². The van der Waals surface area contributed by atoms with Gasteiger partial charge in [-0.2, -0.15) is 0 Å². The van der Waals surface area contributed by atoms with Crippen LogP contribution in [0, 0.1) is 0 Å². The number of carbonyl (C=O) groups excluding carboxylic acids is 1. The van der Waals surface area contributed by atoms with E-state index in [1.54, 1.807) is 4.90 Å². The molecule has 0 radical (unpaired) electrons. The molecule has 1 aromatic carbocycles. The molecule has 0 aliphatic carbocycles.